The van der Waals surface area contributed by atoms with Gasteiger partial charge in [-0.3, -0.25) is 0 Å². The molecule has 2 aromatic carbocycles. The molecule has 1 heterocycles. The fourth-order valence-electron chi connectivity index (χ4n) is 3.45. The smallest absolute Gasteiger partial charge is 0.161 e. The van der Waals surface area contributed by atoms with Gasteiger partial charge in [0.2, 0.25) is 0 Å². The van der Waals surface area contributed by atoms with Gasteiger partial charge in [-0.2, -0.15) is 0 Å². The average Bonchev–Trinajstić information content (AvgIpc) is 2.74. The molecule has 0 saturated carbocycles. The van der Waals surface area contributed by atoms with Crippen molar-refractivity contribution < 1.29 is 14.4 Å². The Morgan fingerprint density at radius 2 is 1.86 bits per heavy atom. The largest absolute Gasteiger partial charge is 0.490 e. The van der Waals surface area contributed by atoms with E-state index in [1.165, 1.54) is 5.56 Å². The van der Waals surface area contributed by atoms with Crippen LogP contribution in [0.15, 0.2) is 61.2 Å². The molecule has 5 heteroatoms. The Kier molecular flexibility index (Phi) is 7.46. The van der Waals surface area contributed by atoms with Gasteiger partial charge in [0.25, 0.3) is 0 Å². The van der Waals surface area contributed by atoms with Gasteiger partial charge in [-0.15, -0.1) is 0 Å². The van der Waals surface area contributed by atoms with Crippen LogP contribution in [0, 0.1) is 0 Å². The zero-order valence-electron chi connectivity index (χ0n) is 16.5. The van der Waals surface area contributed by atoms with Crippen molar-refractivity contribution in [3.8, 4) is 11.5 Å². The molecule has 0 amide bonds. The van der Waals surface area contributed by atoms with Crippen LogP contribution in [0.2, 0.25) is 0 Å². The maximum atomic E-state index is 5.79. The number of piperazine rings is 1. The molecule has 0 radical (unpaired) electrons. The van der Waals surface area contributed by atoms with Crippen LogP contribution in [0.5, 0.6) is 11.5 Å². The highest BCUT2D eigenvalue weighted by molar-refractivity contribution is 7.80. The first-order chi connectivity index (χ1) is 13.7. The molecule has 0 spiro atoms. The number of ether oxygens (including phenoxy) is 2. The molecule has 1 N–H and O–H groups in total. The van der Waals surface area contributed by atoms with Gasteiger partial charge in [0.15, 0.2) is 11.5 Å². The number of nitrogens with one attached hydrogen (secondary N) is 1. The molecule has 0 aromatic heterocycles. The van der Waals surface area contributed by atoms with E-state index in [-0.39, 0.29) is 0 Å². The van der Waals surface area contributed by atoms with E-state index < -0.39 is 0 Å². The minimum Gasteiger partial charge on any atom is -0.490 e. The summed E-state index contributed by atoms with van der Waals surface area (Å²) in [6.07, 6.45) is 1.73. The number of nitrogens with zero attached hydrogens (tertiary/aromatic N) is 1. The van der Waals surface area contributed by atoms with E-state index >= 15 is 0 Å². The molecule has 28 heavy (non-hydrogen) atoms. The molecule has 0 bridgehead atoms. The predicted octanol–water partition coefficient (Wildman–Crippen LogP) is 2.73. The fraction of sp³-hybridized carbons (Fsp3) is 0.348. The molecular weight excluding hydrogens is 368 g/mol. The lowest BCUT2D eigenvalue weighted by Crippen LogP contribution is -3.13. The van der Waals surface area contributed by atoms with E-state index in [1.54, 1.807) is 11.0 Å². The molecule has 0 atom stereocenters. The standard InChI is InChI=1S/C23H28N2O2S/c1-3-16-27-21-11-10-20(17-22(21)26-4-2)23(28)25-14-12-24(13-15-25)18-19-8-6-5-7-9-19/h3,5-11,17H,1,4,12-16,18H2,2H3/p+1. The highest BCUT2D eigenvalue weighted by Gasteiger charge is 2.23. The summed E-state index contributed by atoms with van der Waals surface area (Å²) in [5, 5.41) is 0. The van der Waals surface area contributed by atoms with Gasteiger partial charge in [-0.25, -0.2) is 0 Å². The minimum absolute atomic E-state index is 0.454. The van der Waals surface area contributed by atoms with Gasteiger partial charge in [0.05, 0.1) is 32.8 Å². The maximum absolute atomic E-state index is 5.79. The van der Waals surface area contributed by atoms with E-state index in [0.717, 1.165) is 54.8 Å². The third-order valence-electron chi connectivity index (χ3n) is 4.90. The Balaban J connectivity index is 1.61. The van der Waals surface area contributed by atoms with Crippen LogP contribution in [-0.4, -0.2) is 49.3 Å². The monoisotopic (exact) mass is 397 g/mol. The molecule has 2 aromatic rings. The van der Waals surface area contributed by atoms with Gasteiger partial charge < -0.3 is 19.3 Å². The fourth-order valence-corrected chi connectivity index (χ4v) is 3.76. The third kappa shape index (κ3) is 5.33. The van der Waals surface area contributed by atoms with Crippen LogP contribution in [-0.2, 0) is 6.54 Å². The number of quaternary nitrogens is 1. The van der Waals surface area contributed by atoms with Crippen LogP contribution in [0.25, 0.3) is 0 Å². The van der Waals surface area contributed by atoms with E-state index in [0.29, 0.717) is 13.2 Å². The highest BCUT2D eigenvalue weighted by atomic mass is 32.1. The summed E-state index contributed by atoms with van der Waals surface area (Å²) < 4.78 is 11.4. The number of benzene rings is 2. The summed E-state index contributed by atoms with van der Waals surface area (Å²) in [6.45, 7) is 11.9. The molecule has 0 unspecified atom stereocenters. The molecule has 1 saturated heterocycles. The number of hydrogen-bond acceptors (Lipinski definition) is 3. The van der Waals surface area contributed by atoms with Crippen LogP contribution in [0.1, 0.15) is 18.1 Å². The normalized spacial score (nSPS) is 14.5. The van der Waals surface area contributed by atoms with Crippen molar-refractivity contribution in [2.45, 2.75) is 13.5 Å². The van der Waals surface area contributed by atoms with Crippen molar-refractivity contribution in [3.05, 3.63) is 72.3 Å². The molecule has 0 aliphatic carbocycles. The van der Waals surface area contributed by atoms with Crippen molar-refractivity contribution >= 4 is 17.2 Å². The maximum Gasteiger partial charge on any atom is 0.161 e. The first-order valence-electron chi connectivity index (χ1n) is 9.88. The van der Waals surface area contributed by atoms with E-state index in [9.17, 15) is 0 Å². The summed E-state index contributed by atoms with van der Waals surface area (Å²) >= 11 is 5.79. The van der Waals surface area contributed by atoms with Gasteiger partial charge in [-0.05, 0) is 25.1 Å². The second kappa shape index (κ2) is 10.2. The summed E-state index contributed by atoms with van der Waals surface area (Å²) in [7, 11) is 0. The van der Waals surface area contributed by atoms with E-state index in [1.807, 2.05) is 25.1 Å². The first kappa shape index (κ1) is 20.4. The third-order valence-corrected chi connectivity index (χ3v) is 5.40. The van der Waals surface area contributed by atoms with Crippen molar-refractivity contribution in [2.24, 2.45) is 0 Å². The Labute approximate surface area is 173 Å². The minimum atomic E-state index is 0.454. The van der Waals surface area contributed by atoms with Crippen molar-refractivity contribution in [2.75, 3.05) is 39.4 Å². The number of rotatable bonds is 8. The van der Waals surface area contributed by atoms with Gasteiger partial charge >= 0.3 is 0 Å². The Hall–Kier alpha value is -2.37. The zero-order chi connectivity index (χ0) is 19.8. The van der Waals surface area contributed by atoms with Crippen molar-refractivity contribution in [1.82, 2.24) is 4.90 Å². The number of thiocarbonyl (C=S) groups is 1. The highest BCUT2D eigenvalue weighted by Crippen LogP contribution is 2.29. The van der Waals surface area contributed by atoms with Crippen LogP contribution < -0.4 is 14.4 Å². The zero-order valence-corrected chi connectivity index (χ0v) is 17.3. The molecule has 3 rings (SSSR count). The van der Waals surface area contributed by atoms with Crippen LogP contribution in [0.4, 0.5) is 0 Å². The molecule has 1 fully saturated rings. The number of hydrogen-bond donors (Lipinski definition) is 1. The van der Waals surface area contributed by atoms with Gasteiger partial charge in [0.1, 0.15) is 18.1 Å². The van der Waals surface area contributed by atoms with Crippen molar-refractivity contribution in [1.29, 1.82) is 0 Å². The van der Waals surface area contributed by atoms with Gasteiger partial charge in [0, 0.05) is 11.1 Å². The lowest BCUT2D eigenvalue weighted by Gasteiger charge is -2.34. The summed E-state index contributed by atoms with van der Waals surface area (Å²) in [5.74, 6) is 1.46. The first-order valence-corrected chi connectivity index (χ1v) is 10.3. The lowest BCUT2D eigenvalue weighted by molar-refractivity contribution is -0.917. The van der Waals surface area contributed by atoms with Crippen LogP contribution in [0.3, 0.4) is 0 Å². The predicted molar refractivity (Wildman–Crippen MR) is 117 cm³/mol. The summed E-state index contributed by atoms with van der Waals surface area (Å²) in [5.41, 5.74) is 2.40. The van der Waals surface area contributed by atoms with E-state index in [4.69, 9.17) is 21.7 Å². The molecule has 1 aliphatic rings. The molecule has 1 aliphatic heterocycles. The Morgan fingerprint density at radius 1 is 1.11 bits per heavy atom. The van der Waals surface area contributed by atoms with Crippen molar-refractivity contribution in [3.63, 3.8) is 0 Å². The quantitative estimate of drug-likeness (QED) is 0.547. The summed E-state index contributed by atoms with van der Waals surface area (Å²) in [4.78, 5) is 4.79. The second-order valence-corrected chi connectivity index (χ2v) is 7.29. The molecule has 4 nitrogen and oxygen atoms in total. The second-order valence-electron chi connectivity index (χ2n) is 6.90. The van der Waals surface area contributed by atoms with E-state index in [2.05, 4.69) is 41.8 Å². The summed E-state index contributed by atoms with van der Waals surface area (Å²) in [6, 6.07) is 16.6. The van der Waals surface area contributed by atoms with Gasteiger partial charge in [-0.1, -0.05) is 55.2 Å². The Morgan fingerprint density at radius 3 is 2.54 bits per heavy atom. The molecular formula is C23H29N2O2S+. The SMILES string of the molecule is C=CCOc1ccc(C(=S)N2CC[NH+](Cc3ccccc3)CC2)cc1OCC. The lowest BCUT2D eigenvalue weighted by atomic mass is 10.1. The van der Waals surface area contributed by atoms with Crippen LogP contribution >= 0.6 is 12.2 Å². The molecule has 148 valence electrons. The Bertz CT molecular complexity index is 786. The topological polar surface area (TPSA) is 26.1 Å². The average molecular weight is 398 g/mol.